The number of rotatable bonds is 3. The van der Waals surface area contributed by atoms with Crippen LogP contribution in [0.3, 0.4) is 0 Å². The molecule has 3 heterocycles. The van der Waals surface area contributed by atoms with Gasteiger partial charge in [-0.1, -0.05) is 18.2 Å². The van der Waals surface area contributed by atoms with E-state index in [0.717, 1.165) is 21.8 Å². The Morgan fingerprint density at radius 3 is 2.74 bits per heavy atom. The lowest BCUT2D eigenvalue weighted by Gasteiger charge is -2.36. The summed E-state index contributed by atoms with van der Waals surface area (Å²) in [7, 11) is 1.97. The van der Waals surface area contributed by atoms with Crippen LogP contribution in [-0.4, -0.2) is 43.9 Å². The van der Waals surface area contributed by atoms with Crippen molar-refractivity contribution in [2.24, 2.45) is 0 Å². The minimum atomic E-state index is -0.978. The Hall–Kier alpha value is -4.16. The maximum absolute atomic E-state index is 13.4. The molecule has 1 aromatic heterocycles. The van der Waals surface area contributed by atoms with E-state index in [0.29, 0.717) is 29.2 Å². The summed E-state index contributed by atoms with van der Waals surface area (Å²) in [6.07, 6.45) is -0.156. The first kappa shape index (κ1) is 21.7. The summed E-state index contributed by atoms with van der Waals surface area (Å²) < 4.78 is 0. The number of fused-ring (bicyclic) bond motifs is 2. The number of nitriles is 1. The molecule has 3 aromatic rings. The lowest BCUT2D eigenvalue weighted by molar-refractivity contribution is -0.124. The summed E-state index contributed by atoms with van der Waals surface area (Å²) in [4.78, 5) is 44.1. The first-order valence-corrected chi connectivity index (χ1v) is 11.6. The van der Waals surface area contributed by atoms with Gasteiger partial charge in [-0.05, 0) is 42.0 Å². The molecule has 5 rings (SSSR count). The van der Waals surface area contributed by atoms with Gasteiger partial charge in [-0.15, -0.1) is 11.3 Å². The molecular formula is C25H21N5O3S. The Morgan fingerprint density at radius 2 is 1.94 bits per heavy atom. The SMILES string of the molecule is CN1CCN(C(=O)C[C@@H]2NC(=O)c3ccccc3NC2=O)c2cc(-c3ccc(C#N)s3)ccc21. The predicted octanol–water partition coefficient (Wildman–Crippen LogP) is 3.21. The molecule has 0 saturated heterocycles. The fraction of sp³-hybridized carbons (Fsp3) is 0.200. The van der Waals surface area contributed by atoms with Crippen molar-refractivity contribution in [1.29, 1.82) is 5.26 Å². The largest absolute Gasteiger partial charge is 0.371 e. The van der Waals surface area contributed by atoms with E-state index in [1.807, 2.05) is 31.3 Å². The van der Waals surface area contributed by atoms with Crippen molar-refractivity contribution in [3.05, 3.63) is 65.0 Å². The maximum Gasteiger partial charge on any atom is 0.254 e. The standard InChI is InChI=1S/C25H21N5O3S/c1-29-10-11-30(21-12-15(6-8-20(21)29)22-9-7-16(14-26)34-22)23(31)13-19-25(33)27-18-5-3-2-4-17(18)24(32)28-19/h2-9,12,19H,10-11,13H2,1H3,(H,27,33)(H,28,32)/t19-/m0/s1. The molecule has 0 radical (unpaired) electrons. The lowest BCUT2D eigenvalue weighted by Crippen LogP contribution is -2.48. The van der Waals surface area contributed by atoms with Gasteiger partial charge in [0.25, 0.3) is 5.91 Å². The van der Waals surface area contributed by atoms with E-state index in [9.17, 15) is 14.4 Å². The number of anilines is 3. The van der Waals surface area contributed by atoms with Crippen molar-refractivity contribution < 1.29 is 14.4 Å². The average Bonchev–Trinajstić information content (AvgIpc) is 3.29. The highest BCUT2D eigenvalue weighted by Crippen LogP contribution is 2.38. The number of hydrogen-bond donors (Lipinski definition) is 2. The molecule has 2 aliphatic rings. The van der Waals surface area contributed by atoms with Crippen LogP contribution in [0.2, 0.25) is 0 Å². The molecule has 2 aromatic carbocycles. The Labute approximate surface area is 200 Å². The second kappa shape index (κ2) is 8.65. The van der Waals surface area contributed by atoms with Crippen molar-refractivity contribution in [3.63, 3.8) is 0 Å². The van der Waals surface area contributed by atoms with Crippen LogP contribution in [0, 0.1) is 11.3 Å². The summed E-state index contributed by atoms with van der Waals surface area (Å²) in [5, 5.41) is 14.6. The van der Waals surface area contributed by atoms with Crippen LogP contribution in [0.1, 0.15) is 21.7 Å². The fourth-order valence-electron chi connectivity index (χ4n) is 4.26. The van der Waals surface area contributed by atoms with Crippen LogP contribution in [0.25, 0.3) is 10.4 Å². The van der Waals surface area contributed by atoms with Gasteiger partial charge in [0.1, 0.15) is 17.0 Å². The van der Waals surface area contributed by atoms with Crippen LogP contribution in [0.4, 0.5) is 17.1 Å². The molecule has 0 saturated carbocycles. The summed E-state index contributed by atoms with van der Waals surface area (Å²) in [6.45, 7) is 1.10. The van der Waals surface area contributed by atoms with Crippen molar-refractivity contribution in [1.82, 2.24) is 5.32 Å². The van der Waals surface area contributed by atoms with Gasteiger partial charge >= 0.3 is 0 Å². The van der Waals surface area contributed by atoms with Crippen molar-refractivity contribution in [2.45, 2.75) is 12.5 Å². The summed E-state index contributed by atoms with van der Waals surface area (Å²) >= 11 is 1.39. The second-order valence-corrected chi connectivity index (χ2v) is 9.29. The number of likely N-dealkylation sites (N-methyl/N-ethyl adjacent to an activating group) is 1. The number of benzene rings is 2. The van der Waals surface area contributed by atoms with E-state index in [4.69, 9.17) is 5.26 Å². The molecule has 0 spiro atoms. The molecule has 1 atom stereocenters. The second-order valence-electron chi connectivity index (χ2n) is 8.21. The zero-order chi connectivity index (χ0) is 23.8. The minimum Gasteiger partial charge on any atom is -0.371 e. The molecule has 8 nitrogen and oxygen atoms in total. The van der Waals surface area contributed by atoms with Crippen molar-refractivity contribution in [3.8, 4) is 16.5 Å². The van der Waals surface area contributed by atoms with Crippen molar-refractivity contribution >= 4 is 46.1 Å². The number of carbonyl (C=O) groups is 3. The van der Waals surface area contributed by atoms with Gasteiger partial charge in [0, 0.05) is 25.0 Å². The molecule has 9 heteroatoms. The van der Waals surface area contributed by atoms with Crippen LogP contribution in [-0.2, 0) is 9.59 Å². The van der Waals surface area contributed by atoms with E-state index in [1.54, 1.807) is 35.2 Å². The molecule has 0 aliphatic carbocycles. The van der Waals surface area contributed by atoms with E-state index < -0.39 is 11.9 Å². The lowest BCUT2D eigenvalue weighted by atomic mass is 10.1. The van der Waals surface area contributed by atoms with Gasteiger partial charge in [-0.25, -0.2) is 0 Å². The number of amides is 3. The van der Waals surface area contributed by atoms with Crippen LogP contribution >= 0.6 is 11.3 Å². The van der Waals surface area contributed by atoms with E-state index in [-0.39, 0.29) is 18.2 Å². The normalized spacial score (nSPS) is 17.1. The van der Waals surface area contributed by atoms with Gasteiger partial charge in [-0.2, -0.15) is 5.26 Å². The molecule has 0 unspecified atom stereocenters. The van der Waals surface area contributed by atoms with Crippen LogP contribution < -0.4 is 20.4 Å². The zero-order valence-electron chi connectivity index (χ0n) is 18.4. The number of carbonyl (C=O) groups excluding carboxylic acids is 3. The summed E-state index contributed by atoms with van der Waals surface area (Å²) in [5.74, 6) is -1.06. The molecule has 2 N–H and O–H groups in total. The number of hydrogen-bond acceptors (Lipinski definition) is 6. The Morgan fingerprint density at radius 1 is 1.12 bits per heavy atom. The van der Waals surface area contributed by atoms with Gasteiger partial charge < -0.3 is 20.4 Å². The summed E-state index contributed by atoms with van der Waals surface area (Å²) in [5.41, 5.74) is 3.36. The quantitative estimate of drug-likeness (QED) is 0.610. The third kappa shape index (κ3) is 3.89. The highest BCUT2D eigenvalue weighted by Gasteiger charge is 2.33. The third-order valence-corrected chi connectivity index (χ3v) is 7.11. The first-order valence-electron chi connectivity index (χ1n) is 10.8. The molecular weight excluding hydrogens is 450 g/mol. The molecule has 3 amide bonds. The van der Waals surface area contributed by atoms with Crippen LogP contribution in [0.15, 0.2) is 54.6 Å². The number of para-hydroxylation sites is 1. The highest BCUT2D eigenvalue weighted by molar-refractivity contribution is 7.16. The molecule has 170 valence electrons. The Balaban J connectivity index is 1.41. The molecule has 0 bridgehead atoms. The number of nitrogens with zero attached hydrogens (tertiary/aromatic N) is 3. The van der Waals surface area contributed by atoms with Gasteiger partial charge in [0.2, 0.25) is 11.8 Å². The average molecular weight is 472 g/mol. The van der Waals surface area contributed by atoms with Gasteiger partial charge in [0.15, 0.2) is 0 Å². The smallest absolute Gasteiger partial charge is 0.254 e. The minimum absolute atomic E-state index is 0.156. The Bertz CT molecular complexity index is 1360. The third-order valence-electron chi connectivity index (χ3n) is 6.07. The fourth-order valence-corrected chi connectivity index (χ4v) is 5.06. The van der Waals surface area contributed by atoms with E-state index in [2.05, 4.69) is 21.6 Å². The summed E-state index contributed by atoms with van der Waals surface area (Å²) in [6, 6.07) is 17.5. The van der Waals surface area contributed by atoms with Crippen molar-refractivity contribution in [2.75, 3.05) is 35.3 Å². The monoisotopic (exact) mass is 471 g/mol. The number of thiophene rings is 1. The predicted molar refractivity (Wildman–Crippen MR) is 131 cm³/mol. The van der Waals surface area contributed by atoms with E-state index in [1.165, 1.54) is 11.3 Å². The maximum atomic E-state index is 13.4. The van der Waals surface area contributed by atoms with E-state index >= 15 is 0 Å². The zero-order valence-corrected chi connectivity index (χ0v) is 19.2. The molecule has 0 fully saturated rings. The van der Waals surface area contributed by atoms with Crippen LogP contribution in [0.5, 0.6) is 0 Å². The first-order chi connectivity index (χ1) is 16.4. The topological polar surface area (TPSA) is 106 Å². The Kier molecular flexibility index (Phi) is 5.51. The number of nitrogens with one attached hydrogen (secondary N) is 2. The van der Waals surface area contributed by atoms with Gasteiger partial charge in [-0.3, -0.25) is 14.4 Å². The molecule has 2 aliphatic heterocycles. The molecule has 34 heavy (non-hydrogen) atoms. The highest BCUT2D eigenvalue weighted by atomic mass is 32.1. The van der Waals surface area contributed by atoms with Gasteiger partial charge in [0.05, 0.1) is 29.0 Å².